The number of hydrogen-bond donors (Lipinski definition) is 2. The molecule has 4 fully saturated rings. The van der Waals surface area contributed by atoms with E-state index in [1.807, 2.05) is 6.92 Å². The summed E-state index contributed by atoms with van der Waals surface area (Å²) in [4.78, 5) is 28.5. The summed E-state index contributed by atoms with van der Waals surface area (Å²) in [5, 5.41) is 9.87. The van der Waals surface area contributed by atoms with Gasteiger partial charge in [-0.1, -0.05) is 0 Å². The van der Waals surface area contributed by atoms with Crippen molar-refractivity contribution in [1.82, 2.24) is 4.98 Å². The number of aliphatic hydroxyl groups excluding tert-OH is 1. The second-order valence-corrected chi connectivity index (χ2v) is 9.04. The summed E-state index contributed by atoms with van der Waals surface area (Å²) in [5.74, 6) is 1.70. The lowest BCUT2D eigenvalue weighted by molar-refractivity contribution is -0.147. The Kier molecular flexibility index (Phi) is 4.25. The van der Waals surface area contributed by atoms with Crippen LogP contribution in [-0.2, 0) is 9.53 Å². The van der Waals surface area contributed by atoms with Crippen molar-refractivity contribution < 1.29 is 19.4 Å². The van der Waals surface area contributed by atoms with Crippen molar-refractivity contribution in [3.63, 3.8) is 0 Å². The number of H-pyrrole nitrogens is 1. The van der Waals surface area contributed by atoms with Crippen molar-refractivity contribution in [1.29, 1.82) is 0 Å². The van der Waals surface area contributed by atoms with Gasteiger partial charge in [-0.2, -0.15) is 0 Å². The number of aromatic nitrogens is 1. The zero-order chi connectivity index (χ0) is 18.6. The second kappa shape index (κ2) is 6.22. The Bertz CT molecular complexity index is 710. The predicted octanol–water partition coefficient (Wildman–Crippen LogP) is 3.63. The molecule has 5 rings (SSSR count). The molecule has 0 radical (unpaired) electrons. The number of carbonyl (C=O) groups is 2. The van der Waals surface area contributed by atoms with E-state index in [1.165, 1.54) is 19.3 Å². The number of aromatic amines is 1. The maximum Gasteiger partial charge on any atom is 0.355 e. The van der Waals surface area contributed by atoms with E-state index in [4.69, 9.17) is 4.74 Å². The van der Waals surface area contributed by atoms with Crippen molar-refractivity contribution in [2.75, 3.05) is 6.61 Å². The minimum atomic E-state index is -0.651. The zero-order valence-electron chi connectivity index (χ0n) is 15.9. The van der Waals surface area contributed by atoms with E-state index in [0.29, 0.717) is 29.0 Å². The first-order valence-corrected chi connectivity index (χ1v) is 9.86. The molecule has 26 heavy (non-hydrogen) atoms. The van der Waals surface area contributed by atoms with E-state index in [1.54, 1.807) is 13.8 Å². The summed E-state index contributed by atoms with van der Waals surface area (Å²) in [6.45, 7) is 5.16. The molecule has 4 aliphatic rings. The normalized spacial score (nSPS) is 33.3. The largest absolute Gasteiger partial charge is 0.453 e. The standard InChI is InChI=1S/C21H29NO4/c1-11-18(13(3)23)12(2)22-19(11)20(25)26-10-17(24)21-7-14-4-15(8-21)6-16(5-14)9-21/h13-16,22-23H,4-10H2,1-3H3/t13-,14?,15?,16?,21?/m1/s1. The number of carbonyl (C=O) groups excluding carboxylic acids is 2. The van der Waals surface area contributed by atoms with Crippen LogP contribution in [0.2, 0.25) is 0 Å². The van der Waals surface area contributed by atoms with Gasteiger partial charge >= 0.3 is 5.97 Å². The van der Waals surface area contributed by atoms with E-state index in [-0.39, 0.29) is 17.8 Å². The number of aliphatic hydroxyl groups is 1. The van der Waals surface area contributed by atoms with Crippen LogP contribution >= 0.6 is 0 Å². The number of rotatable bonds is 5. The van der Waals surface area contributed by atoms with Crippen LogP contribution in [0.15, 0.2) is 0 Å². The Morgan fingerprint density at radius 1 is 1.15 bits per heavy atom. The first-order valence-electron chi connectivity index (χ1n) is 9.86. The van der Waals surface area contributed by atoms with E-state index >= 15 is 0 Å². The van der Waals surface area contributed by atoms with Crippen LogP contribution in [0, 0.1) is 37.0 Å². The number of ether oxygens (including phenoxy) is 1. The van der Waals surface area contributed by atoms with Crippen LogP contribution in [0.4, 0.5) is 0 Å². The van der Waals surface area contributed by atoms with Crippen LogP contribution in [0.3, 0.4) is 0 Å². The Hall–Kier alpha value is -1.62. The Labute approximate surface area is 154 Å². The third-order valence-electron chi connectivity index (χ3n) is 7.08. The van der Waals surface area contributed by atoms with Crippen LogP contribution in [0.25, 0.3) is 0 Å². The third-order valence-corrected chi connectivity index (χ3v) is 7.08. The highest BCUT2D eigenvalue weighted by molar-refractivity contribution is 5.93. The second-order valence-electron chi connectivity index (χ2n) is 9.04. The molecule has 0 aliphatic heterocycles. The average Bonchev–Trinajstić information content (AvgIpc) is 2.85. The van der Waals surface area contributed by atoms with Gasteiger partial charge in [-0.3, -0.25) is 4.79 Å². The van der Waals surface area contributed by atoms with Gasteiger partial charge in [0.1, 0.15) is 5.69 Å². The quantitative estimate of drug-likeness (QED) is 0.787. The molecule has 5 heteroatoms. The van der Waals surface area contributed by atoms with Crippen molar-refractivity contribution in [3.8, 4) is 0 Å². The Morgan fingerprint density at radius 2 is 1.69 bits per heavy atom. The number of esters is 1. The van der Waals surface area contributed by atoms with Gasteiger partial charge in [0, 0.05) is 16.7 Å². The molecule has 1 aromatic heterocycles. The van der Waals surface area contributed by atoms with Gasteiger partial charge in [0.2, 0.25) is 0 Å². The van der Waals surface area contributed by atoms with E-state index < -0.39 is 12.1 Å². The van der Waals surface area contributed by atoms with Crippen molar-refractivity contribution >= 4 is 11.8 Å². The monoisotopic (exact) mass is 359 g/mol. The maximum absolute atomic E-state index is 13.0. The van der Waals surface area contributed by atoms with Crippen LogP contribution in [0.1, 0.15) is 78.9 Å². The molecule has 0 amide bonds. The summed E-state index contributed by atoms with van der Waals surface area (Å²) < 4.78 is 5.41. The molecule has 5 nitrogen and oxygen atoms in total. The number of hydrogen-bond acceptors (Lipinski definition) is 4. The topological polar surface area (TPSA) is 79.4 Å². The lowest BCUT2D eigenvalue weighted by atomic mass is 9.48. The van der Waals surface area contributed by atoms with Gasteiger partial charge in [-0.15, -0.1) is 0 Å². The maximum atomic E-state index is 13.0. The molecule has 1 aromatic rings. The minimum absolute atomic E-state index is 0.113. The fourth-order valence-electron chi connectivity index (χ4n) is 6.40. The highest BCUT2D eigenvalue weighted by Crippen LogP contribution is 2.60. The minimum Gasteiger partial charge on any atom is -0.453 e. The first kappa shape index (κ1) is 17.8. The smallest absolute Gasteiger partial charge is 0.355 e. The van der Waals surface area contributed by atoms with Gasteiger partial charge in [0.05, 0.1) is 6.10 Å². The van der Waals surface area contributed by atoms with Crippen LogP contribution < -0.4 is 0 Å². The molecule has 2 N–H and O–H groups in total. The molecule has 142 valence electrons. The first-order chi connectivity index (χ1) is 12.3. The summed E-state index contributed by atoms with van der Waals surface area (Å²) in [6.07, 6.45) is 6.17. The summed E-state index contributed by atoms with van der Waals surface area (Å²) in [5.41, 5.74) is 2.29. The molecular formula is C21H29NO4. The van der Waals surface area contributed by atoms with Crippen LogP contribution in [-0.4, -0.2) is 28.4 Å². The van der Waals surface area contributed by atoms with Crippen LogP contribution in [0.5, 0.6) is 0 Å². The van der Waals surface area contributed by atoms with Gasteiger partial charge in [0.25, 0.3) is 0 Å². The fraction of sp³-hybridized carbons (Fsp3) is 0.714. The highest BCUT2D eigenvalue weighted by Gasteiger charge is 2.54. The molecule has 0 unspecified atom stereocenters. The summed E-state index contributed by atoms with van der Waals surface area (Å²) >= 11 is 0. The average molecular weight is 359 g/mol. The lowest BCUT2D eigenvalue weighted by Crippen LogP contribution is -2.51. The number of nitrogens with one attached hydrogen (secondary N) is 1. The molecule has 4 bridgehead atoms. The molecule has 0 aromatic carbocycles. The molecule has 4 aliphatic carbocycles. The Morgan fingerprint density at radius 3 is 2.15 bits per heavy atom. The number of ketones is 1. The third kappa shape index (κ3) is 2.81. The van der Waals surface area contributed by atoms with Gasteiger partial charge in [0.15, 0.2) is 12.4 Å². The molecule has 1 atom stereocenters. The van der Waals surface area contributed by atoms with Crippen molar-refractivity contribution in [2.24, 2.45) is 23.2 Å². The van der Waals surface area contributed by atoms with E-state index in [0.717, 1.165) is 30.5 Å². The van der Waals surface area contributed by atoms with E-state index in [9.17, 15) is 14.7 Å². The number of Topliss-reactive ketones (excluding diaryl/α,β-unsaturated/α-hetero) is 1. The van der Waals surface area contributed by atoms with Gasteiger partial charge in [-0.25, -0.2) is 4.79 Å². The summed E-state index contributed by atoms with van der Waals surface area (Å²) in [6, 6.07) is 0. The highest BCUT2D eigenvalue weighted by atomic mass is 16.5. The molecule has 4 saturated carbocycles. The summed E-state index contributed by atoms with van der Waals surface area (Å²) in [7, 11) is 0. The molecular weight excluding hydrogens is 330 g/mol. The Balaban J connectivity index is 1.44. The van der Waals surface area contributed by atoms with Crippen molar-refractivity contribution in [2.45, 2.75) is 65.4 Å². The zero-order valence-corrected chi connectivity index (χ0v) is 15.9. The van der Waals surface area contributed by atoms with Crippen molar-refractivity contribution in [3.05, 3.63) is 22.5 Å². The van der Waals surface area contributed by atoms with Gasteiger partial charge < -0.3 is 14.8 Å². The fourth-order valence-corrected chi connectivity index (χ4v) is 6.40. The SMILES string of the molecule is Cc1[nH]c(C(=O)OCC(=O)C23CC4CC(CC(C4)C2)C3)c(C)c1[C@@H](C)O. The van der Waals surface area contributed by atoms with Gasteiger partial charge in [-0.05, 0) is 82.6 Å². The lowest BCUT2D eigenvalue weighted by Gasteiger charge is -2.55. The molecule has 0 saturated heterocycles. The van der Waals surface area contributed by atoms with E-state index in [2.05, 4.69) is 4.98 Å². The number of aryl methyl sites for hydroxylation is 1. The predicted molar refractivity (Wildman–Crippen MR) is 96.8 cm³/mol. The molecule has 1 heterocycles. The molecule has 0 spiro atoms.